The highest BCUT2D eigenvalue weighted by molar-refractivity contribution is 5.65. The Morgan fingerprint density at radius 1 is 1.56 bits per heavy atom. The van der Waals surface area contributed by atoms with E-state index in [9.17, 15) is 9.90 Å². The Bertz CT molecular complexity index is 401. The number of carbonyl (C=O) groups excluding carboxylic acids is 1. The van der Waals surface area contributed by atoms with Crippen molar-refractivity contribution in [3.8, 4) is 5.75 Å². The molecule has 1 rings (SSSR count). The van der Waals surface area contributed by atoms with Crippen LogP contribution in [0.2, 0.25) is 0 Å². The predicted octanol–water partition coefficient (Wildman–Crippen LogP) is 1.89. The van der Waals surface area contributed by atoms with E-state index >= 15 is 0 Å². The third-order valence-corrected chi connectivity index (χ3v) is 2.41. The summed E-state index contributed by atoms with van der Waals surface area (Å²) in [4.78, 5) is 10.8. The summed E-state index contributed by atoms with van der Waals surface area (Å²) in [5.41, 5.74) is 0.875. The van der Waals surface area contributed by atoms with Crippen molar-refractivity contribution in [2.75, 3.05) is 19.8 Å². The molecule has 0 radical (unpaired) electrons. The zero-order valence-corrected chi connectivity index (χ0v) is 10.5. The minimum Gasteiger partial charge on any atom is -0.490 e. The first-order valence-electron chi connectivity index (χ1n) is 5.75. The van der Waals surface area contributed by atoms with Gasteiger partial charge in [-0.3, -0.25) is 4.79 Å². The molecule has 0 aliphatic heterocycles. The molecular formula is C14H18O4. The monoisotopic (exact) mass is 250 g/mol. The zero-order chi connectivity index (χ0) is 13.4. The molecule has 4 nitrogen and oxygen atoms in total. The molecule has 0 bridgehead atoms. The number of rotatable bonds is 7. The maximum atomic E-state index is 10.8. The highest BCUT2D eigenvalue weighted by Crippen LogP contribution is 2.21. The van der Waals surface area contributed by atoms with E-state index in [0.29, 0.717) is 12.4 Å². The lowest BCUT2D eigenvalue weighted by molar-refractivity contribution is -0.141. The van der Waals surface area contributed by atoms with Gasteiger partial charge in [-0.25, -0.2) is 0 Å². The SMILES string of the molecule is C=CCOc1cccc([C@H](CO)COC(C)=O)c1. The van der Waals surface area contributed by atoms with Gasteiger partial charge in [-0.15, -0.1) is 0 Å². The summed E-state index contributed by atoms with van der Waals surface area (Å²) in [6, 6.07) is 7.36. The molecule has 0 amide bonds. The lowest BCUT2D eigenvalue weighted by Gasteiger charge is -2.15. The average molecular weight is 250 g/mol. The smallest absolute Gasteiger partial charge is 0.302 e. The fraction of sp³-hybridized carbons (Fsp3) is 0.357. The highest BCUT2D eigenvalue weighted by atomic mass is 16.5. The molecule has 1 aromatic rings. The molecule has 0 aromatic heterocycles. The lowest BCUT2D eigenvalue weighted by atomic mass is 10.0. The van der Waals surface area contributed by atoms with Crippen molar-refractivity contribution in [3.05, 3.63) is 42.5 Å². The molecule has 0 aliphatic carbocycles. The third-order valence-electron chi connectivity index (χ3n) is 2.41. The van der Waals surface area contributed by atoms with Crippen molar-refractivity contribution in [1.29, 1.82) is 0 Å². The molecule has 4 heteroatoms. The number of esters is 1. The summed E-state index contributed by atoms with van der Waals surface area (Å²) in [5.74, 6) is 0.113. The zero-order valence-electron chi connectivity index (χ0n) is 10.5. The van der Waals surface area contributed by atoms with Crippen molar-refractivity contribution in [2.24, 2.45) is 0 Å². The number of carbonyl (C=O) groups is 1. The highest BCUT2D eigenvalue weighted by Gasteiger charge is 2.12. The molecule has 0 saturated carbocycles. The van der Waals surface area contributed by atoms with E-state index < -0.39 is 0 Å². The van der Waals surface area contributed by atoms with Gasteiger partial charge in [0.1, 0.15) is 19.0 Å². The topological polar surface area (TPSA) is 55.8 Å². The third kappa shape index (κ3) is 4.59. The number of hydrogen-bond donors (Lipinski definition) is 1. The Kier molecular flexibility index (Phi) is 5.94. The predicted molar refractivity (Wildman–Crippen MR) is 68.6 cm³/mol. The first kappa shape index (κ1) is 14.3. The van der Waals surface area contributed by atoms with Gasteiger partial charge >= 0.3 is 5.97 Å². The first-order valence-corrected chi connectivity index (χ1v) is 5.75. The van der Waals surface area contributed by atoms with Crippen LogP contribution in [0.3, 0.4) is 0 Å². The molecule has 18 heavy (non-hydrogen) atoms. The van der Waals surface area contributed by atoms with Crippen LogP contribution in [0.25, 0.3) is 0 Å². The summed E-state index contributed by atoms with van der Waals surface area (Å²) in [6.07, 6.45) is 1.66. The Labute approximate surface area is 107 Å². The summed E-state index contributed by atoms with van der Waals surface area (Å²) in [7, 11) is 0. The Morgan fingerprint density at radius 3 is 2.94 bits per heavy atom. The van der Waals surface area contributed by atoms with Crippen LogP contribution in [0, 0.1) is 0 Å². The number of aliphatic hydroxyl groups is 1. The van der Waals surface area contributed by atoms with Crippen molar-refractivity contribution in [3.63, 3.8) is 0 Å². The van der Waals surface area contributed by atoms with Gasteiger partial charge in [0.15, 0.2) is 0 Å². The molecule has 1 aromatic carbocycles. The van der Waals surface area contributed by atoms with Crippen LogP contribution in [-0.4, -0.2) is 30.9 Å². The summed E-state index contributed by atoms with van der Waals surface area (Å²) < 4.78 is 10.3. The van der Waals surface area contributed by atoms with Crippen molar-refractivity contribution < 1.29 is 19.4 Å². The number of ether oxygens (including phenoxy) is 2. The van der Waals surface area contributed by atoms with Crippen LogP contribution < -0.4 is 4.74 Å². The molecule has 1 N–H and O–H groups in total. The molecule has 98 valence electrons. The van der Waals surface area contributed by atoms with Crippen molar-refractivity contribution >= 4 is 5.97 Å². The van der Waals surface area contributed by atoms with Gasteiger partial charge < -0.3 is 14.6 Å². The Hall–Kier alpha value is -1.81. The maximum absolute atomic E-state index is 10.8. The van der Waals surface area contributed by atoms with Crippen molar-refractivity contribution in [1.82, 2.24) is 0 Å². The maximum Gasteiger partial charge on any atom is 0.302 e. The van der Waals surface area contributed by atoms with Gasteiger partial charge in [0.05, 0.1) is 6.61 Å². The largest absolute Gasteiger partial charge is 0.490 e. The summed E-state index contributed by atoms with van der Waals surface area (Å²) in [6.45, 7) is 5.43. The van der Waals surface area contributed by atoms with Gasteiger partial charge in [0, 0.05) is 12.8 Å². The van der Waals surface area contributed by atoms with Gasteiger partial charge in [0.2, 0.25) is 0 Å². The molecule has 0 heterocycles. The van der Waals surface area contributed by atoms with Crippen LogP contribution in [0.4, 0.5) is 0 Å². The van der Waals surface area contributed by atoms with Crippen LogP contribution in [0.5, 0.6) is 5.75 Å². The van der Waals surface area contributed by atoms with Crippen LogP contribution in [0.1, 0.15) is 18.4 Å². The lowest BCUT2D eigenvalue weighted by Crippen LogP contribution is -2.14. The van der Waals surface area contributed by atoms with E-state index in [1.54, 1.807) is 6.08 Å². The van der Waals surface area contributed by atoms with Gasteiger partial charge in [-0.2, -0.15) is 0 Å². The first-order chi connectivity index (χ1) is 8.67. The minimum absolute atomic E-state index is 0.0851. The second kappa shape index (κ2) is 7.50. The van der Waals surface area contributed by atoms with E-state index in [2.05, 4.69) is 6.58 Å². The molecule has 0 fully saturated rings. The van der Waals surface area contributed by atoms with Crippen molar-refractivity contribution in [2.45, 2.75) is 12.8 Å². The standard InChI is InChI=1S/C14H18O4/c1-3-7-17-14-6-4-5-12(8-14)13(9-15)10-18-11(2)16/h3-6,8,13,15H,1,7,9-10H2,2H3/t13-/m1/s1. The second-order valence-electron chi connectivity index (χ2n) is 3.85. The molecule has 0 spiro atoms. The quantitative estimate of drug-likeness (QED) is 0.593. The number of aliphatic hydroxyl groups excluding tert-OH is 1. The molecule has 0 saturated heterocycles. The normalized spacial score (nSPS) is 11.7. The van der Waals surface area contributed by atoms with Crippen LogP contribution in [-0.2, 0) is 9.53 Å². The van der Waals surface area contributed by atoms with E-state index in [0.717, 1.165) is 5.56 Å². The fourth-order valence-corrected chi connectivity index (χ4v) is 1.49. The van der Waals surface area contributed by atoms with Gasteiger partial charge in [-0.05, 0) is 17.7 Å². The number of hydrogen-bond acceptors (Lipinski definition) is 4. The van der Waals surface area contributed by atoms with Crippen LogP contribution in [0.15, 0.2) is 36.9 Å². The fourth-order valence-electron chi connectivity index (χ4n) is 1.49. The van der Waals surface area contributed by atoms with Crippen LogP contribution >= 0.6 is 0 Å². The van der Waals surface area contributed by atoms with Gasteiger partial charge in [-0.1, -0.05) is 24.8 Å². The Morgan fingerprint density at radius 2 is 2.33 bits per heavy atom. The molecule has 0 unspecified atom stereocenters. The minimum atomic E-state index is -0.354. The molecule has 1 atom stereocenters. The van der Waals surface area contributed by atoms with E-state index in [-0.39, 0.29) is 25.1 Å². The van der Waals surface area contributed by atoms with E-state index in [1.807, 2.05) is 24.3 Å². The Balaban J connectivity index is 2.72. The molecular weight excluding hydrogens is 232 g/mol. The van der Waals surface area contributed by atoms with Gasteiger partial charge in [0.25, 0.3) is 0 Å². The average Bonchev–Trinajstić information content (AvgIpc) is 2.37. The van der Waals surface area contributed by atoms with E-state index in [4.69, 9.17) is 9.47 Å². The summed E-state index contributed by atoms with van der Waals surface area (Å²) in [5, 5.41) is 9.31. The summed E-state index contributed by atoms with van der Waals surface area (Å²) >= 11 is 0. The molecule has 0 aliphatic rings. The number of benzene rings is 1. The van der Waals surface area contributed by atoms with E-state index in [1.165, 1.54) is 6.92 Å². The second-order valence-corrected chi connectivity index (χ2v) is 3.85.